The Morgan fingerprint density at radius 3 is 2.31 bits per heavy atom. The summed E-state index contributed by atoms with van der Waals surface area (Å²) < 4.78 is 0. The SMILES string of the molecule is CC(C(=O)O)N(C(=O)C1CC=CC1)C1CC1. The van der Waals surface area contributed by atoms with Crippen LogP contribution < -0.4 is 0 Å². The fraction of sp³-hybridized carbons (Fsp3) is 0.667. The summed E-state index contributed by atoms with van der Waals surface area (Å²) in [5.74, 6) is -0.920. The lowest BCUT2D eigenvalue weighted by atomic mass is 10.0. The fourth-order valence-corrected chi connectivity index (χ4v) is 2.19. The van der Waals surface area contributed by atoms with Crippen molar-refractivity contribution in [2.45, 2.75) is 44.7 Å². The van der Waals surface area contributed by atoms with Gasteiger partial charge in [-0.15, -0.1) is 0 Å². The number of hydrogen-bond acceptors (Lipinski definition) is 2. The molecular weight excluding hydrogens is 206 g/mol. The van der Waals surface area contributed by atoms with Crippen LogP contribution in [0.1, 0.15) is 32.6 Å². The lowest BCUT2D eigenvalue weighted by Crippen LogP contribution is -2.47. The monoisotopic (exact) mass is 223 g/mol. The van der Waals surface area contributed by atoms with Gasteiger partial charge in [0.05, 0.1) is 0 Å². The Morgan fingerprint density at radius 1 is 1.31 bits per heavy atom. The second-order valence-electron chi connectivity index (χ2n) is 4.63. The topological polar surface area (TPSA) is 57.6 Å². The van der Waals surface area contributed by atoms with E-state index in [1.807, 2.05) is 12.2 Å². The normalized spacial score (nSPS) is 22.1. The molecular formula is C12H17NO3. The molecule has 1 N–H and O–H groups in total. The summed E-state index contributed by atoms with van der Waals surface area (Å²) in [4.78, 5) is 24.8. The molecule has 0 aromatic heterocycles. The van der Waals surface area contributed by atoms with Crippen LogP contribution in [0.3, 0.4) is 0 Å². The number of carbonyl (C=O) groups is 2. The van der Waals surface area contributed by atoms with Gasteiger partial charge in [-0.2, -0.15) is 0 Å². The Balaban J connectivity index is 2.06. The highest BCUT2D eigenvalue weighted by molar-refractivity contribution is 5.86. The Labute approximate surface area is 94.9 Å². The molecule has 0 bridgehead atoms. The first-order chi connectivity index (χ1) is 7.61. The molecule has 1 amide bonds. The Bertz CT molecular complexity index is 325. The second-order valence-corrected chi connectivity index (χ2v) is 4.63. The largest absolute Gasteiger partial charge is 0.480 e. The van der Waals surface area contributed by atoms with Crippen LogP contribution >= 0.6 is 0 Å². The van der Waals surface area contributed by atoms with E-state index in [1.165, 1.54) is 0 Å². The number of aliphatic carboxylic acids is 1. The molecule has 0 radical (unpaired) electrons. The predicted molar refractivity (Wildman–Crippen MR) is 58.8 cm³/mol. The maximum Gasteiger partial charge on any atom is 0.326 e. The first-order valence-electron chi connectivity index (χ1n) is 5.81. The van der Waals surface area contributed by atoms with Gasteiger partial charge in [-0.3, -0.25) is 4.79 Å². The van der Waals surface area contributed by atoms with Crippen molar-refractivity contribution >= 4 is 11.9 Å². The average molecular weight is 223 g/mol. The van der Waals surface area contributed by atoms with Gasteiger partial charge in [-0.25, -0.2) is 4.79 Å². The molecule has 0 saturated heterocycles. The van der Waals surface area contributed by atoms with Crippen LogP contribution in [0.2, 0.25) is 0 Å². The van der Waals surface area contributed by atoms with Crippen molar-refractivity contribution in [3.05, 3.63) is 12.2 Å². The molecule has 1 fully saturated rings. The van der Waals surface area contributed by atoms with Crippen molar-refractivity contribution < 1.29 is 14.7 Å². The Morgan fingerprint density at radius 2 is 1.88 bits per heavy atom. The summed E-state index contributed by atoms with van der Waals surface area (Å²) in [6.07, 6.45) is 7.41. The first kappa shape index (κ1) is 11.2. The molecule has 0 aromatic rings. The highest BCUT2D eigenvalue weighted by Crippen LogP contribution is 2.32. The third-order valence-electron chi connectivity index (χ3n) is 3.33. The maximum absolute atomic E-state index is 12.2. The van der Waals surface area contributed by atoms with Crippen LogP contribution in [-0.2, 0) is 9.59 Å². The molecule has 88 valence electrons. The number of nitrogens with zero attached hydrogens (tertiary/aromatic N) is 1. The summed E-state index contributed by atoms with van der Waals surface area (Å²) in [6, 6.07) is -0.528. The molecule has 1 unspecified atom stereocenters. The van der Waals surface area contributed by atoms with E-state index in [-0.39, 0.29) is 17.9 Å². The molecule has 2 aliphatic rings. The molecule has 1 atom stereocenters. The summed E-state index contributed by atoms with van der Waals surface area (Å²) in [5, 5.41) is 9.01. The molecule has 1 saturated carbocycles. The van der Waals surface area contributed by atoms with Crippen LogP contribution in [0.4, 0.5) is 0 Å². The van der Waals surface area contributed by atoms with Crippen molar-refractivity contribution in [1.29, 1.82) is 0 Å². The number of carbonyl (C=O) groups excluding carboxylic acids is 1. The molecule has 0 spiro atoms. The van der Waals surface area contributed by atoms with E-state index < -0.39 is 12.0 Å². The van der Waals surface area contributed by atoms with Crippen LogP contribution in [0.5, 0.6) is 0 Å². The highest BCUT2D eigenvalue weighted by Gasteiger charge is 2.40. The van der Waals surface area contributed by atoms with Gasteiger partial charge in [0.25, 0.3) is 0 Å². The van der Waals surface area contributed by atoms with E-state index in [9.17, 15) is 9.59 Å². The maximum atomic E-state index is 12.2. The van der Waals surface area contributed by atoms with Crippen LogP contribution in [-0.4, -0.2) is 34.0 Å². The fourth-order valence-electron chi connectivity index (χ4n) is 2.19. The molecule has 0 heterocycles. The molecule has 2 rings (SSSR count). The van der Waals surface area contributed by atoms with Gasteiger partial charge in [-0.05, 0) is 32.6 Å². The van der Waals surface area contributed by atoms with Crippen LogP contribution in [0, 0.1) is 5.92 Å². The van der Waals surface area contributed by atoms with Gasteiger partial charge in [-0.1, -0.05) is 12.2 Å². The quantitative estimate of drug-likeness (QED) is 0.733. The van der Waals surface area contributed by atoms with Gasteiger partial charge < -0.3 is 10.0 Å². The first-order valence-corrected chi connectivity index (χ1v) is 5.81. The lowest BCUT2D eigenvalue weighted by Gasteiger charge is -2.29. The van der Waals surface area contributed by atoms with Gasteiger partial charge >= 0.3 is 5.97 Å². The minimum atomic E-state index is -0.911. The van der Waals surface area contributed by atoms with Crippen molar-refractivity contribution in [2.75, 3.05) is 0 Å². The number of carboxylic acids is 1. The number of carboxylic acid groups (broad SMARTS) is 1. The van der Waals surface area contributed by atoms with E-state index in [0.29, 0.717) is 0 Å². The predicted octanol–water partition coefficient (Wildman–Crippen LogP) is 1.42. The van der Waals surface area contributed by atoms with Crippen molar-refractivity contribution in [2.24, 2.45) is 5.92 Å². The van der Waals surface area contributed by atoms with Gasteiger partial charge in [0.2, 0.25) is 5.91 Å². The smallest absolute Gasteiger partial charge is 0.326 e. The molecule has 16 heavy (non-hydrogen) atoms. The minimum absolute atomic E-state index is 0.0161. The summed E-state index contributed by atoms with van der Waals surface area (Å²) in [7, 11) is 0. The summed E-state index contributed by atoms with van der Waals surface area (Å²) in [6.45, 7) is 1.60. The van der Waals surface area contributed by atoms with E-state index in [2.05, 4.69) is 0 Å². The van der Waals surface area contributed by atoms with E-state index >= 15 is 0 Å². The average Bonchev–Trinajstić information content (AvgIpc) is 2.93. The Hall–Kier alpha value is -1.32. The minimum Gasteiger partial charge on any atom is -0.480 e. The third-order valence-corrected chi connectivity index (χ3v) is 3.33. The van der Waals surface area contributed by atoms with E-state index in [4.69, 9.17) is 5.11 Å². The lowest BCUT2D eigenvalue weighted by molar-refractivity contribution is -0.151. The van der Waals surface area contributed by atoms with Gasteiger partial charge in [0.1, 0.15) is 6.04 Å². The van der Waals surface area contributed by atoms with Crippen molar-refractivity contribution in [1.82, 2.24) is 4.90 Å². The zero-order valence-corrected chi connectivity index (χ0v) is 9.43. The molecule has 0 aromatic carbocycles. The summed E-state index contributed by atoms with van der Waals surface area (Å²) in [5.41, 5.74) is 0. The molecule has 0 aliphatic heterocycles. The zero-order valence-electron chi connectivity index (χ0n) is 9.43. The van der Waals surface area contributed by atoms with Crippen molar-refractivity contribution in [3.8, 4) is 0 Å². The van der Waals surface area contributed by atoms with Crippen molar-refractivity contribution in [3.63, 3.8) is 0 Å². The molecule has 4 heteroatoms. The van der Waals surface area contributed by atoms with Crippen LogP contribution in [0.15, 0.2) is 12.2 Å². The molecule has 2 aliphatic carbocycles. The van der Waals surface area contributed by atoms with Crippen LogP contribution in [0.25, 0.3) is 0 Å². The highest BCUT2D eigenvalue weighted by atomic mass is 16.4. The Kier molecular flexibility index (Phi) is 2.99. The summed E-state index contributed by atoms with van der Waals surface area (Å²) >= 11 is 0. The van der Waals surface area contributed by atoms with Gasteiger partial charge in [0, 0.05) is 12.0 Å². The molecule has 4 nitrogen and oxygen atoms in total. The van der Waals surface area contributed by atoms with Gasteiger partial charge in [0.15, 0.2) is 0 Å². The number of hydrogen-bond donors (Lipinski definition) is 1. The third kappa shape index (κ3) is 2.10. The van der Waals surface area contributed by atoms with E-state index in [1.54, 1.807) is 11.8 Å². The zero-order chi connectivity index (χ0) is 11.7. The second kappa shape index (κ2) is 4.28. The number of amides is 1. The number of rotatable bonds is 4. The van der Waals surface area contributed by atoms with E-state index in [0.717, 1.165) is 25.7 Å². The number of allylic oxidation sites excluding steroid dienone is 2. The standard InChI is InChI=1S/C12H17NO3/c1-8(12(15)16)13(10-6-7-10)11(14)9-4-2-3-5-9/h2-3,8-10H,4-7H2,1H3,(H,15,16).